The molecule has 2 fully saturated rings. The second-order valence-corrected chi connectivity index (χ2v) is 6.57. The molecule has 0 unspecified atom stereocenters. The minimum absolute atomic E-state index is 0.202. The SMILES string of the molecule is COc1ccc(CC(=O)N2CC[C@H]3[C@H]2CCN3c2ncccn2)cc1. The monoisotopic (exact) mass is 338 g/mol. The van der Waals surface area contributed by atoms with Crippen molar-refractivity contribution in [2.45, 2.75) is 31.3 Å². The minimum Gasteiger partial charge on any atom is -0.497 e. The summed E-state index contributed by atoms with van der Waals surface area (Å²) < 4.78 is 5.17. The van der Waals surface area contributed by atoms with E-state index in [1.54, 1.807) is 19.5 Å². The standard InChI is InChI=1S/C19H22N4O2/c1-25-15-5-3-14(4-6-15)13-18(24)22-11-7-17-16(22)8-12-23(17)19-20-9-2-10-21-19/h2-6,9-10,16-17H,7-8,11-13H2,1H3/t16-,17+/m1/s1. The van der Waals surface area contributed by atoms with Gasteiger partial charge in [0.2, 0.25) is 11.9 Å². The topological polar surface area (TPSA) is 58.6 Å². The molecule has 1 aromatic heterocycles. The molecule has 2 atom stereocenters. The number of carbonyl (C=O) groups is 1. The molecule has 4 rings (SSSR count). The lowest BCUT2D eigenvalue weighted by molar-refractivity contribution is -0.131. The Morgan fingerprint density at radius 3 is 2.56 bits per heavy atom. The van der Waals surface area contributed by atoms with Gasteiger partial charge in [0, 0.05) is 25.5 Å². The number of hydrogen-bond donors (Lipinski definition) is 0. The smallest absolute Gasteiger partial charge is 0.227 e. The number of fused-ring (bicyclic) bond motifs is 1. The zero-order valence-corrected chi connectivity index (χ0v) is 14.3. The highest BCUT2D eigenvalue weighted by molar-refractivity contribution is 5.79. The Morgan fingerprint density at radius 2 is 1.84 bits per heavy atom. The first-order valence-electron chi connectivity index (χ1n) is 8.72. The van der Waals surface area contributed by atoms with Crippen LogP contribution in [0.1, 0.15) is 18.4 Å². The quantitative estimate of drug-likeness (QED) is 0.852. The number of rotatable bonds is 4. The van der Waals surface area contributed by atoms with Gasteiger partial charge in [-0.2, -0.15) is 0 Å². The van der Waals surface area contributed by atoms with Crippen molar-refractivity contribution in [1.29, 1.82) is 0 Å². The fraction of sp³-hybridized carbons (Fsp3) is 0.421. The highest BCUT2D eigenvalue weighted by Gasteiger charge is 2.45. The first-order valence-corrected chi connectivity index (χ1v) is 8.72. The van der Waals surface area contributed by atoms with Crippen molar-refractivity contribution in [3.63, 3.8) is 0 Å². The van der Waals surface area contributed by atoms with Gasteiger partial charge in [-0.25, -0.2) is 9.97 Å². The van der Waals surface area contributed by atoms with E-state index in [2.05, 4.69) is 19.8 Å². The van der Waals surface area contributed by atoms with Crippen LogP contribution in [0.25, 0.3) is 0 Å². The van der Waals surface area contributed by atoms with Gasteiger partial charge in [-0.05, 0) is 36.6 Å². The van der Waals surface area contributed by atoms with E-state index in [9.17, 15) is 4.79 Å². The second-order valence-electron chi connectivity index (χ2n) is 6.57. The van der Waals surface area contributed by atoms with E-state index < -0.39 is 0 Å². The average Bonchev–Trinajstić information content (AvgIpc) is 3.25. The second kappa shape index (κ2) is 6.70. The van der Waals surface area contributed by atoms with Crippen LogP contribution in [-0.2, 0) is 11.2 Å². The maximum Gasteiger partial charge on any atom is 0.227 e. The maximum absolute atomic E-state index is 12.8. The molecule has 130 valence electrons. The minimum atomic E-state index is 0.202. The summed E-state index contributed by atoms with van der Waals surface area (Å²) in [4.78, 5) is 25.9. The van der Waals surface area contributed by atoms with E-state index >= 15 is 0 Å². The summed E-state index contributed by atoms with van der Waals surface area (Å²) in [6.07, 6.45) is 5.96. The van der Waals surface area contributed by atoms with Crippen LogP contribution in [0.5, 0.6) is 5.75 Å². The zero-order valence-electron chi connectivity index (χ0n) is 14.3. The Hall–Kier alpha value is -2.63. The number of methoxy groups -OCH3 is 1. The van der Waals surface area contributed by atoms with Crippen molar-refractivity contribution in [2.75, 3.05) is 25.1 Å². The van der Waals surface area contributed by atoms with Crippen molar-refractivity contribution in [3.8, 4) is 5.75 Å². The van der Waals surface area contributed by atoms with Gasteiger partial charge < -0.3 is 14.5 Å². The molecule has 6 heteroatoms. The van der Waals surface area contributed by atoms with Crippen LogP contribution in [0.3, 0.4) is 0 Å². The number of nitrogens with zero attached hydrogens (tertiary/aromatic N) is 4. The van der Waals surface area contributed by atoms with E-state index in [0.29, 0.717) is 12.5 Å². The molecule has 0 aliphatic carbocycles. The summed E-state index contributed by atoms with van der Waals surface area (Å²) in [5.74, 6) is 1.79. The predicted molar refractivity (Wildman–Crippen MR) is 94.6 cm³/mol. The van der Waals surface area contributed by atoms with Crippen LogP contribution in [0.2, 0.25) is 0 Å². The van der Waals surface area contributed by atoms with Gasteiger partial charge in [-0.15, -0.1) is 0 Å². The van der Waals surface area contributed by atoms with Crippen molar-refractivity contribution in [1.82, 2.24) is 14.9 Å². The molecule has 2 aliphatic heterocycles. The Labute approximate surface area is 147 Å². The largest absolute Gasteiger partial charge is 0.497 e. The zero-order chi connectivity index (χ0) is 17.2. The van der Waals surface area contributed by atoms with Crippen molar-refractivity contribution in [2.24, 2.45) is 0 Å². The van der Waals surface area contributed by atoms with Gasteiger partial charge in [0.1, 0.15) is 5.75 Å². The lowest BCUT2D eigenvalue weighted by atomic mass is 10.1. The number of anilines is 1. The molecule has 0 spiro atoms. The van der Waals surface area contributed by atoms with Crippen LogP contribution in [0, 0.1) is 0 Å². The Balaban J connectivity index is 1.43. The van der Waals surface area contributed by atoms with E-state index in [1.165, 1.54) is 0 Å². The van der Waals surface area contributed by atoms with Crippen LogP contribution >= 0.6 is 0 Å². The third-order valence-electron chi connectivity index (χ3n) is 5.22. The van der Waals surface area contributed by atoms with Crippen LogP contribution in [0.15, 0.2) is 42.7 Å². The Morgan fingerprint density at radius 1 is 1.12 bits per heavy atom. The van der Waals surface area contributed by atoms with E-state index in [1.807, 2.05) is 30.3 Å². The molecule has 2 saturated heterocycles. The molecule has 0 saturated carbocycles. The molecular weight excluding hydrogens is 316 g/mol. The third kappa shape index (κ3) is 3.04. The Kier molecular flexibility index (Phi) is 4.26. The van der Waals surface area contributed by atoms with Crippen molar-refractivity contribution < 1.29 is 9.53 Å². The molecule has 2 aliphatic rings. The third-order valence-corrected chi connectivity index (χ3v) is 5.22. The number of likely N-dealkylation sites (tertiary alicyclic amines) is 1. The molecule has 0 N–H and O–H groups in total. The molecule has 6 nitrogen and oxygen atoms in total. The Bertz CT molecular complexity index is 735. The van der Waals surface area contributed by atoms with Crippen molar-refractivity contribution >= 4 is 11.9 Å². The molecule has 0 bridgehead atoms. The molecule has 1 aromatic carbocycles. The number of ether oxygens (including phenoxy) is 1. The number of hydrogen-bond acceptors (Lipinski definition) is 5. The predicted octanol–water partition coefficient (Wildman–Crippen LogP) is 1.91. The summed E-state index contributed by atoms with van der Waals surface area (Å²) in [7, 11) is 1.65. The van der Waals surface area contributed by atoms with Gasteiger partial charge in [0.15, 0.2) is 0 Å². The fourth-order valence-electron chi connectivity index (χ4n) is 4.00. The van der Waals surface area contributed by atoms with Crippen molar-refractivity contribution in [3.05, 3.63) is 48.3 Å². The lowest BCUT2D eigenvalue weighted by Crippen LogP contribution is -2.40. The van der Waals surface area contributed by atoms with Crippen LogP contribution in [0.4, 0.5) is 5.95 Å². The van der Waals surface area contributed by atoms with Gasteiger partial charge in [-0.3, -0.25) is 4.79 Å². The van der Waals surface area contributed by atoms with E-state index in [0.717, 1.165) is 43.2 Å². The van der Waals surface area contributed by atoms with Crippen LogP contribution < -0.4 is 9.64 Å². The number of benzene rings is 1. The molecular formula is C19H22N4O2. The highest BCUT2D eigenvalue weighted by Crippen LogP contribution is 2.33. The normalized spacial score (nSPS) is 22.1. The van der Waals surface area contributed by atoms with Gasteiger partial charge >= 0.3 is 0 Å². The summed E-state index contributed by atoms with van der Waals surface area (Å²) >= 11 is 0. The summed E-state index contributed by atoms with van der Waals surface area (Å²) in [5.41, 5.74) is 1.02. The molecule has 1 amide bonds. The van der Waals surface area contributed by atoms with E-state index in [-0.39, 0.29) is 11.9 Å². The molecule has 2 aromatic rings. The molecule has 25 heavy (non-hydrogen) atoms. The van der Waals surface area contributed by atoms with E-state index in [4.69, 9.17) is 4.74 Å². The highest BCUT2D eigenvalue weighted by atomic mass is 16.5. The lowest BCUT2D eigenvalue weighted by Gasteiger charge is -2.25. The average molecular weight is 338 g/mol. The van der Waals surface area contributed by atoms with Gasteiger partial charge in [-0.1, -0.05) is 12.1 Å². The summed E-state index contributed by atoms with van der Waals surface area (Å²) in [5, 5.41) is 0. The summed E-state index contributed by atoms with van der Waals surface area (Å²) in [6.45, 7) is 1.72. The van der Waals surface area contributed by atoms with Gasteiger partial charge in [0.25, 0.3) is 0 Å². The van der Waals surface area contributed by atoms with Crippen LogP contribution in [-0.4, -0.2) is 53.1 Å². The maximum atomic E-state index is 12.8. The number of aromatic nitrogens is 2. The fourth-order valence-corrected chi connectivity index (χ4v) is 4.00. The number of amides is 1. The molecule has 0 radical (unpaired) electrons. The molecule has 3 heterocycles. The summed E-state index contributed by atoms with van der Waals surface area (Å²) in [6, 6.07) is 10.2. The number of carbonyl (C=O) groups excluding carboxylic acids is 1. The first kappa shape index (κ1) is 15.9. The first-order chi connectivity index (χ1) is 12.3. The van der Waals surface area contributed by atoms with Gasteiger partial charge in [0.05, 0.1) is 25.6 Å².